The number of aryl methyl sites for hydroxylation is 4. The fourth-order valence-corrected chi connectivity index (χ4v) is 4.35. The number of carbonyl (C=O) groups excluding carboxylic acids is 1. The van der Waals surface area contributed by atoms with Crippen LogP contribution in [0.3, 0.4) is 0 Å². The first-order valence-electron chi connectivity index (χ1n) is 12.0. The Balaban J connectivity index is 1.34. The molecule has 3 aromatic carbocycles. The van der Waals surface area contributed by atoms with Gasteiger partial charge in [0.2, 0.25) is 5.91 Å². The Morgan fingerprint density at radius 3 is 2.50 bits per heavy atom. The van der Waals surface area contributed by atoms with Crippen molar-refractivity contribution >= 4 is 16.9 Å². The summed E-state index contributed by atoms with van der Waals surface area (Å²) in [7, 11) is 0. The largest absolute Gasteiger partial charge is 0.492 e. The monoisotopic (exact) mass is 455 g/mol. The Kier molecular flexibility index (Phi) is 7.63. The highest BCUT2D eigenvalue weighted by molar-refractivity contribution is 5.79. The molecule has 1 N–H and O–H groups in total. The molecule has 0 bridgehead atoms. The van der Waals surface area contributed by atoms with Gasteiger partial charge in [-0.15, -0.1) is 0 Å². The number of aromatic nitrogens is 2. The molecule has 4 aromatic rings. The first kappa shape index (κ1) is 23.6. The normalized spacial score (nSPS) is 11.0. The number of nitrogens with zero attached hydrogens (tertiary/aromatic N) is 2. The van der Waals surface area contributed by atoms with Gasteiger partial charge in [-0.3, -0.25) is 4.79 Å². The van der Waals surface area contributed by atoms with Crippen LogP contribution in [0.4, 0.5) is 0 Å². The van der Waals surface area contributed by atoms with E-state index < -0.39 is 0 Å². The standard InChI is InChI=1S/C29H33N3O2/c1-21-17-22(2)19-25(18-21)34-16-15-32-27-12-7-6-11-26(27)31-28(32)13-8-14-30-29(33)20-24-10-5-4-9-23(24)3/h4-7,9-12,17-19H,8,13-16,20H2,1-3H3,(H,30,33). The molecule has 0 spiro atoms. The van der Waals surface area contributed by atoms with Gasteiger partial charge in [0.25, 0.3) is 0 Å². The molecule has 1 heterocycles. The second kappa shape index (κ2) is 11.0. The Morgan fingerprint density at radius 1 is 0.971 bits per heavy atom. The minimum absolute atomic E-state index is 0.0599. The van der Waals surface area contributed by atoms with E-state index in [9.17, 15) is 4.79 Å². The molecule has 0 fully saturated rings. The predicted octanol–water partition coefficient (Wildman–Crippen LogP) is 5.33. The van der Waals surface area contributed by atoms with Gasteiger partial charge in [0.1, 0.15) is 18.2 Å². The van der Waals surface area contributed by atoms with Gasteiger partial charge in [0, 0.05) is 13.0 Å². The van der Waals surface area contributed by atoms with E-state index in [0.717, 1.165) is 53.1 Å². The van der Waals surface area contributed by atoms with Crippen LogP contribution in [-0.4, -0.2) is 28.6 Å². The number of amides is 1. The Hall–Kier alpha value is -3.60. The second-order valence-electron chi connectivity index (χ2n) is 8.90. The molecule has 34 heavy (non-hydrogen) atoms. The lowest BCUT2D eigenvalue weighted by Gasteiger charge is -2.12. The molecule has 4 rings (SSSR count). The number of hydrogen-bond acceptors (Lipinski definition) is 3. The van der Waals surface area contributed by atoms with Crippen molar-refractivity contribution in [1.29, 1.82) is 0 Å². The number of para-hydroxylation sites is 2. The summed E-state index contributed by atoms with van der Waals surface area (Å²) in [5.41, 5.74) is 6.74. The predicted molar refractivity (Wildman–Crippen MR) is 137 cm³/mol. The van der Waals surface area contributed by atoms with E-state index in [1.807, 2.05) is 49.4 Å². The van der Waals surface area contributed by atoms with E-state index in [0.29, 0.717) is 19.6 Å². The maximum atomic E-state index is 12.4. The van der Waals surface area contributed by atoms with Crippen LogP contribution >= 0.6 is 0 Å². The van der Waals surface area contributed by atoms with Crippen LogP contribution in [0.5, 0.6) is 5.75 Å². The fraction of sp³-hybridized carbons (Fsp3) is 0.310. The number of ether oxygens (including phenoxy) is 1. The molecule has 0 radical (unpaired) electrons. The third-order valence-corrected chi connectivity index (χ3v) is 6.02. The zero-order valence-electron chi connectivity index (χ0n) is 20.3. The molecule has 0 aliphatic carbocycles. The van der Waals surface area contributed by atoms with Crippen LogP contribution in [0.1, 0.15) is 34.5 Å². The van der Waals surface area contributed by atoms with Crippen LogP contribution in [-0.2, 0) is 24.2 Å². The van der Waals surface area contributed by atoms with Gasteiger partial charge < -0.3 is 14.6 Å². The Morgan fingerprint density at radius 2 is 1.71 bits per heavy atom. The van der Waals surface area contributed by atoms with Crippen molar-refractivity contribution in [2.24, 2.45) is 0 Å². The topological polar surface area (TPSA) is 56.1 Å². The van der Waals surface area contributed by atoms with Crippen molar-refractivity contribution in [1.82, 2.24) is 14.9 Å². The van der Waals surface area contributed by atoms with Crippen molar-refractivity contribution in [3.8, 4) is 5.75 Å². The molecule has 5 nitrogen and oxygen atoms in total. The van der Waals surface area contributed by atoms with Crippen molar-refractivity contribution in [3.63, 3.8) is 0 Å². The Bertz CT molecular complexity index is 1260. The highest BCUT2D eigenvalue weighted by Crippen LogP contribution is 2.19. The van der Waals surface area contributed by atoms with Crippen molar-refractivity contribution < 1.29 is 9.53 Å². The minimum Gasteiger partial charge on any atom is -0.492 e. The van der Waals surface area contributed by atoms with Gasteiger partial charge in [-0.1, -0.05) is 42.5 Å². The number of fused-ring (bicyclic) bond motifs is 1. The summed E-state index contributed by atoms with van der Waals surface area (Å²) in [6, 6.07) is 22.5. The van der Waals surface area contributed by atoms with Crippen molar-refractivity contribution in [2.45, 2.75) is 46.6 Å². The molecule has 5 heteroatoms. The van der Waals surface area contributed by atoms with Gasteiger partial charge >= 0.3 is 0 Å². The average molecular weight is 456 g/mol. The van der Waals surface area contributed by atoms with Crippen LogP contribution in [0.25, 0.3) is 11.0 Å². The zero-order chi connectivity index (χ0) is 23.9. The molecule has 176 valence electrons. The number of nitrogens with one attached hydrogen (secondary N) is 1. The third-order valence-electron chi connectivity index (χ3n) is 6.02. The van der Waals surface area contributed by atoms with Crippen molar-refractivity contribution in [3.05, 3.63) is 94.8 Å². The SMILES string of the molecule is Cc1cc(C)cc(OCCn2c(CCCNC(=O)Cc3ccccc3C)nc3ccccc32)c1. The van der Waals surface area contributed by atoms with Gasteiger partial charge in [0.05, 0.1) is 24.0 Å². The number of imidazole rings is 1. The first-order chi connectivity index (χ1) is 16.5. The molecule has 0 saturated heterocycles. The van der Waals surface area contributed by atoms with E-state index in [1.54, 1.807) is 0 Å². The van der Waals surface area contributed by atoms with E-state index in [4.69, 9.17) is 9.72 Å². The van der Waals surface area contributed by atoms with Gasteiger partial charge in [-0.2, -0.15) is 0 Å². The molecular weight excluding hydrogens is 422 g/mol. The quantitative estimate of drug-likeness (QED) is 0.329. The lowest BCUT2D eigenvalue weighted by molar-refractivity contribution is -0.120. The van der Waals surface area contributed by atoms with Crippen molar-refractivity contribution in [2.75, 3.05) is 13.2 Å². The van der Waals surface area contributed by atoms with Gasteiger partial charge in [-0.25, -0.2) is 4.98 Å². The highest BCUT2D eigenvalue weighted by atomic mass is 16.5. The highest BCUT2D eigenvalue weighted by Gasteiger charge is 2.11. The van der Waals surface area contributed by atoms with Crippen LogP contribution < -0.4 is 10.1 Å². The zero-order valence-corrected chi connectivity index (χ0v) is 20.3. The fourth-order valence-electron chi connectivity index (χ4n) is 4.35. The molecular formula is C29H33N3O2. The summed E-state index contributed by atoms with van der Waals surface area (Å²) in [4.78, 5) is 17.2. The summed E-state index contributed by atoms with van der Waals surface area (Å²) in [5.74, 6) is 1.99. The second-order valence-corrected chi connectivity index (χ2v) is 8.90. The van der Waals surface area contributed by atoms with Crippen LogP contribution in [0.2, 0.25) is 0 Å². The number of carbonyl (C=O) groups is 1. The summed E-state index contributed by atoms with van der Waals surface area (Å²) in [5, 5.41) is 3.06. The minimum atomic E-state index is 0.0599. The van der Waals surface area contributed by atoms with E-state index in [2.05, 4.69) is 48.0 Å². The molecule has 1 amide bonds. The van der Waals surface area contributed by atoms with Gasteiger partial charge in [0.15, 0.2) is 0 Å². The van der Waals surface area contributed by atoms with Crippen LogP contribution in [0.15, 0.2) is 66.7 Å². The molecule has 0 saturated carbocycles. The molecule has 0 atom stereocenters. The smallest absolute Gasteiger partial charge is 0.224 e. The molecule has 0 unspecified atom stereocenters. The average Bonchev–Trinajstić information content (AvgIpc) is 3.15. The van der Waals surface area contributed by atoms with Gasteiger partial charge in [-0.05, 0) is 73.7 Å². The van der Waals surface area contributed by atoms with E-state index >= 15 is 0 Å². The first-order valence-corrected chi connectivity index (χ1v) is 12.0. The lowest BCUT2D eigenvalue weighted by Crippen LogP contribution is -2.26. The molecule has 0 aliphatic heterocycles. The van der Waals surface area contributed by atoms with Crippen LogP contribution in [0, 0.1) is 20.8 Å². The summed E-state index contributed by atoms with van der Waals surface area (Å²) < 4.78 is 8.31. The maximum absolute atomic E-state index is 12.4. The summed E-state index contributed by atoms with van der Waals surface area (Å²) in [6.45, 7) is 8.14. The summed E-state index contributed by atoms with van der Waals surface area (Å²) >= 11 is 0. The molecule has 0 aliphatic rings. The van der Waals surface area contributed by atoms with E-state index in [1.165, 1.54) is 11.1 Å². The molecule has 1 aromatic heterocycles. The summed E-state index contributed by atoms with van der Waals surface area (Å²) in [6.07, 6.45) is 2.05. The Labute approximate surface area is 201 Å². The maximum Gasteiger partial charge on any atom is 0.224 e. The number of hydrogen-bond donors (Lipinski definition) is 1. The lowest BCUT2D eigenvalue weighted by atomic mass is 10.1. The van der Waals surface area contributed by atoms with E-state index in [-0.39, 0.29) is 5.91 Å². The number of benzene rings is 3. The third kappa shape index (κ3) is 6.04. The number of rotatable bonds is 10.